The first-order chi connectivity index (χ1) is 7.63. The number of nitrogens with two attached hydrogens (primary N) is 1. The van der Waals surface area contributed by atoms with Crippen LogP contribution < -0.4 is 10.6 Å². The molecular formula is C13H20N2O. The van der Waals surface area contributed by atoms with Crippen LogP contribution >= 0.6 is 0 Å². The van der Waals surface area contributed by atoms with Crippen LogP contribution in [0.4, 0.5) is 5.69 Å². The molecule has 0 radical (unpaired) electrons. The van der Waals surface area contributed by atoms with Crippen molar-refractivity contribution in [2.24, 2.45) is 11.1 Å². The van der Waals surface area contributed by atoms with Crippen molar-refractivity contribution in [1.82, 2.24) is 0 Å². The van der Waals surface area contributed by atoms with Crippen molar-refractivity contribution in [1.29, 1.82) is 0 Å². The maximum Gasteiger partial charge on any atom is 0.0505 e. The molecule has 0 heterocycles. The molecule has 1 aliphatic rings. The minimum Gasteiger partial charge on any atom is -0.396 e. The Bertz CT molecular complexity index is 355. The minimum absolute atomic E-state index is 0.0420. The summed E-state index contributed by atoms with van der Waals surface area (Å²) in [5, 5.41) is 9.34. The molecule has 1 aliphatic carbocycles. The second-order valence-corrected chi connectivity index (χ2v) is 4.97. The average Bonchev–Trinajstić information content (AvgIpc) is 3.04. The van der Waals surface area contributed by atoms with E-state index < -0.39 is 0 Å². The van der Waals surface area contributed by atoms with E-state index in [0.717, 1.165) is 6.42 Å². The van der Waals surface area contributed by atoms with Crippen LogP contribution in [0.1, 0.15) is 17.9 Å². The van der Waals surface area contributed by atoms with Gasteiger partial charge in [-0.25, -0.2) is 0 Å². The molecule has 0 aromatic heterocycles. The summed E-state index contributed by atoms with van der Waals surface area (Å²) in [4.78, 5) is 2.08. The second kappa shape index (κ2) is 4.07. The molecule has 3 N–H and O–H groups in total. The van der Waals surface area contributed by atoms with Gasteiger partial charge in [0.25, 0.3) is 0 Å². The Morgan fingerprint density at radius 3 is 2.38 bits per heavy atom. The summed E-state index contributed by atoms with van der Waals surface area (Å²) in [5.74, 6) is 0.443. The third-order valence-corrected chi connectivity index (χ3v) is 3.72. The number of anilines is 1. The van der Waals surface area contributed by atoms with E-state index in [4.69, 9.17) is 5.73 Å². The Balaban J connectivity index is 2.13. The minimum atomic E-state index is -0.0420. The molecule has 0 bridgehead atoms. The van der Waals surface area contributed by atoms with E-state index >= 15 is 0 Å². The van der Waals surface area contributed by atoms with E-state index in [1.165, 1.54) is 11.3 Å². The lowest BCUT2D eigenvalue weighted by Crippen LogP contribution is -2.21. The third kappa shape index (κ3) is 1.81. The Morgan fingerprint density at radius 1 is 1.38 bits per heavy atom. The topological polar surface area (TPSA) is 49.5 Å². The van der Waals surface area contributed by atoms with E-state index in [2.05, 4.69) is 29.2 Å². The molecule has 2 rings (SSSR count). The van der Waals surface area contributed by atoms with Crippen LogP contribution in [0.2, 0.25) is 0 Å². The lowest BCUT2D eigenvalue weighted by Gasteiger charge is -2.14. The van der Waals surface area contributed by atoms with Gasteiger partial charge in [-0.15, -0.1) is 0 Å². The van der Waals surface area contributed by atoms with Gasteiger partial charge < -0.3 is 15.7 Å². The van der Waals surface area contributed by atoms with E-state index in [0.29, 0.717) is 12.5 Å². The SMILES string of the molecule is CN(C)c1ccc(C2CC2(CN)CO)cc1. The number of hydrogen-bond donors (Lipinski definition) is 2. The predicted molar refractivity (Wildman–Crippen MR) is 66.7 cm³/mol. The maximum atomic E-state index is 9.34. The normalized spacial score (nSPS) is 27.9. The van der Waals surface area contributed by atoms with Crippen molar-refractivity contribution in [3.63, 3.8) is 0 Å². The molecular weight excluding hydrogens is 200 g/mol. The summed E-state index contributed by atoms with van der Waals surface area (Å²) in [6.45, 7) is 0.771. The molecule has 88 valence electrons. The first-order valence-corrected chi connectivity index (χ1v) is 5.71. The van der Waals surface area contributed by atoms with E-state index in [9.17, 15) is 5.11 Å². The Kier molecular flexibility index (Phi) is 2.91. The fourth-order valence-corrected chi connectivity index (χ4v) is 2.29. The average molecular weight is 220 g/mol. The third-order valence-electron chi connectivity index (χ3n) is 3.72. The summed E-state index contributed by atoms with van der Waals surface area (Å²) < 4.78 is 0. The number of rotatable bonds is 4. The largest absolute Gasteiger partial charge is 0.396 e. The number of aliphatic hydroxyl groups excluding tert-OH is 1. The fourth-order valence-electron chi connectivity index (χ4n) is 2.29. The van der Waals surface area contributed by atoms with Gasteiger partial charge in [-0.05, 0) is 30.0 Å². The van der Waals surface area contributed by atoms with E-state index in [1.54, 1.807) is 0 Å². The standard InChI is InChI=1S/C13H20N2O/c1-15(2)11-5-3-10(4-6-11)12-7-13(12,8-14)9-16/h3-6,12,16H,7-9,14H2,1-2H3. The quantitative estimate of drug-likeness (QED) is 0.801. The highest BCUT2D eigenvalue weighted by Crippen LogP contribution is 2.58. The summed E-state index contributed by atoms with van der Waals surface area (Å²) >= 11 is 0. The van der Waals surface area contributed by atoms with Crippen molar-refractivity contribution < 1.29 is 5.11 Å². The highest BCUT2D eigenvalue weighted by Gasteiger charge is 2.53. The summed E-state index contributed by atoms with van der Waals surface area (Å²) in [6, 6.07) is 8.53. The molecule has 16 heavy (non-hydrogen) atoms. The number of benzene rings is 1. The molecule has 0 saturated heterocycles. The Hall–Kier alpha value is -1.06. The lowest BCUT2D eigenvalue weighted by atomic mass is 10.00. The molecule has 1 fully saturated rings. The zero-order valence-electron chi connectivity index (χ0n) is 9.98. The zero-order chi connectivity index (χ0) is 11.8. The van der Waals surface area contributed by atoms with Crippen molar-refractivity contribution >= 4 is 5.69 Å². The first-order valence-electron chi connectivity index (χ1n) is 5.71. The van der Waals surface area contributed by atoms with Gasteiger partial charge in [0.05, 0.1) is 6.61 Å². The number of hydrogen-bond acceptors (Lipinski definition) is 3. The van der Waals surface area contributed by atoms with Crippen LogP contribution in [0.3, 0.4) is 0 Å². The Labute approximate surface area is 96.9 Å². The number of nitrogens with zero attached hydrogens (tertiary/aromatic N) is 1. The van der Waals surface area contributed by atoms with Crippen LogP contribution in [0.25, 0.3) is 0 Å². The zero-order valence-corrected chi connectivity index (χ0v) is 9.98. The van der Waals surface area contributed by atoms with Gasteiger partial charge in [-0.2, -0.15) is 0 Å². The summed E-state index contributed by atoms with van der Waals surface area (Å²) in [7, 11) is 4.06. The lowest BCUT2D eigenvalue weighted by molar-refractivity contribution is 0.211. The van der Waals surface area contributed by atoms with Gasteiger partial charge in [0.1, 0.15) is 0 Å². The second-order valence-electron chi connectivity index (χ2n) is 4.97. The predicted octanol–water partition coefficient (Wildman–Crippen LogP) is 1.18. The van der Waals surface area contributed by atoms with E-state index in [1.807, 2.05) is 14.1 Å². The summed E-state index contributed by atoms with van der Waals surface area (Å²) in [5.41, 5.74) is 8.17. The Morgan fingerprint density at radius 2 is 2.00 bits per heavy atom. The highest BCUT2D eigenvalue weighted by molar-refractivity contribution is 5.47. The van der Waals surface area contributed by atoms with Gasteiger partial charge in [-0.1, -0.05) is 12.1 Å². The van der Waals surface area contributed by atoms with E-state index in [-0.39, 0.29) is 12.0 Å². The number of aliphatic hydroxyl groups is 1. The summed E-state index contributed by atoms with van der Waals surface area (Å²) in [6.07, 6.45) is 1.02. The van der Waals surface area contributed by atoms with Gasteiger partial charge >= 0.3 is 0 Å². The van der Waals surface area contributed by atoms with Crippen LogP contribution in [0, 0.1) is 5.41 Å². The smallest absolute Gasteiger partial charge is 0.0505 e. The van der Waals surface area contributed by atoms with Gasteiger partial charge in [0.2, 0.25) is 0 Å². The maximum absolute atomic E-state index is 9.34. The fraction of sp³-hybridized carbons (Fsp3) is 0.538. The molecule has 3 heteroatoms. The molecule has 3 nitrogen and oxygen atoms in total. The highest BCUT2D eigenvalue weighted by atomic mass is 16.3. The van der Waals surface area contributed by atoms with Crippen molar-refractivity contribution in [2.45, 2.75) is 12.3 Å². The van der Waals surface area contributed by atoms with Gasteiger partial charge in [0.15, 0.2) is 0 Å². The monoisotopic (exact) mass is 220 g/mol. The molecule has 0 spiro atoms. The first kappa shape index (κ1) is 11.4. The van der Waals surface area contributed by atoms with Crippen LogP contribution in [0.15, 0.2) is 24.3 Å². The van der Waals surface area contributed by atoms with Crippen LogP contribution in [-0.4, -0.2) is 32.4 Å². The molecule has 0 amide bonds. The molecule has 2 unspecified atom stereocenters. The van der Waals surface area contributed by atoms with Crippen LogP contribution in [-0.2, 0) is 0 Å². The molecule has 0 aliphatic heterocycles. The van der Waals surface area contributed by atoms with Crippen molar-refractivity contribution in [2.75, 3.05) is 32.1 Å². The molecule has 1 saturated carbocycles. The molecule has 1 aromatic carbocycles. The molecule has 1 aromatic rings. The van der Waals surface area contributed by atoms with Gasteiger partial charge in [0, 0.05) is 31.7 Å². The van der Waals surface area contributed by atoms with Crippen molar-refractivity contribution in [3.8, 4) is 0 Å². The van der Waals surface area contributed by atoms with Crippen molar-refractivity contribution in [3.05, 3.63) is 29.8 Å². The van der Waals surface area contributed by atoms with Gasteiger partial charge in [-0.3, -0.25) is 0 Å². The molecule has 2 atom stereocenters. The van der Waals surface area contributed by atoms with Crippen LogP contribution in [0.5, 0.6) is 0 Å².